The van der Waals surface area contributed by atoms with E-state index in [2.05, 4.69) is 5.32 Å². The van der Waals surface area contributed by atoms with Crippen LogP contribution in [0.5, 0.6) is 0 Å². The summed E-state index contributed by atoms with van der Waals surface area (Å²) in [5, 5.41) is 2.44. The van der Waals surface area contributed by atoms with Crippen molar-refractivity contribution >= 4 is 21.1 Å². The second-order valence-corrected chi connectivity index (χ2v) is 2.98. The molecule has 1 aliphatic rings. The minimum absolute atomic E-state index is 0.0220. The van der Waals surface area contributed by atoms with Crippen LogP contribution in [-0.4, -0.2) is 25.7 Å². The maximum absolute atomic E-state index is 10.7. The van der Waals surface area contributed by atoms with Crippen LogP contribution in [0.25, 0.3) is 0 Å². The summed E-state index contributed by atoms with van der Waals surface area (Å²) < 4.78 is 20.5. The molecular weight excluding hydrogens is 154 g/mol. The molecule has 0 aromatic heterocycles. The number of hydrogen-bond donors (Lipinski definition) is 1. The molecule has 4 nitrogen and oxygen atoms in total. The van der Waals surface area contributed by atoms with E-state index in [1.807, 2.05) is 0 Å². The molecule has 0 unspecified atom stereocenters. The van der Waals surface area contributed by atoms with Crippen molar-refractivity contribution in [2.24, 2.45) is 0 Å². The molecule has 0 atom stereocenters. The van der Waals surface area contributed by atoms with Crippen LogP contribution in [-0.2, 0) is 15.1 Å². The minimum atomic E-state index is -2.33. The van der Waals surface area contributed by atoms with Gasteiger partial charge in [0.05, 0.1) is 0 Å². The monoisotopic (exact) mass is 161 g/mol. The van der Waals surface area contributed by atoms with Gasteiger partial charge in [0.1, 0.15) is 4.86 Å². The van der Waals surface area contributed by atoms with E-state index in [1.165, 1.54) is 0 Å². The zero-order valence-corrected chi connectivity index (χ0v) is 6.07. The summed E-state index contributed by atoms with van der Waals surface area (Å²) in [6, 6.07) is 0. The van der Waals surface area contributed by atoms with Gasteiger partial charge in [0.2, 0.25) is 10.3 Å². The average molecular weight is 161 g/mol. The molecule has 0 saturated carbocycles. The summed E-state index contributed by atoms with van der Waals surface area (Å²) in [6.45, 7) is 0.583. The smallest absolute Gasteiger partial charge is 0.262 e. The fourth-order valence-electron chi connectivity index (χ4n) is 0.822. The number of piperidine rings is 1. The Bertz CT molecular complexity index is 269. The molecule has 0 radical (unpaired) electrons. The van der Waals surface area contributed by atoms with Crippen molar-refractivity contribution in [3.05, 3.63) is 0 Å². The molecular formula is C5H7NO3S. The number of carbonyl (C=O) groups is 1. The highest BCUT2D eigenvalue weighted by Crippen LogP contribution is 1.96. The van der Waals surface area contributed by atoms with Gasteiger partial charge in [-0.2, -0.15) is 8.42 Å². The van der Waals surface area contributed by atoms with Crippen LogP contribution in [0.3, 0.4) is 0 Å². The van der Waals surface area contributed by atoms with E-state index in [0.29, 0.717) is 13.0 Å². The second-order valence-electron chi connectivity index (χ2n) is 2.02. The Labute approximate surface area is 59.8 Å². The summed E-state index contributed by atoms with van der Waals surface area (Å²) >= 11 is 0. The molecule has 10 heavy (non-hydrogen) atoms. The Hall–Kier alpha value is -0.840. The third kappa shape index (κ3) is 1.36. The molecule has 0 aliphatic carbocycles. The molecule has 56 valence electrons. The quantitative estimate of drug-likeness (QED) is 0.461. The van der Waals surface area contributed by atoms with Crippen LogP contribution in [0.1, 0.15) is 12.8 Å². The van der Waals surface area contributed by atoms with Crippen molar-refractivity contribution in [2.75, 3.05) is 6.54 Å². The number of hydrogen-bond acceptors (Lipinski definition) is 3. The summed E-state index contributed by atoms with van der Waals surface area (Å²) in [5.41, 5.74) is 0. The third-order valence-electron chi connectivity index (χ3n) is 1.32. The van der Waals surface area contributed by atoms with Crippen LogP contribution in [0.15, 0.2) is 0 Å². The standard InChI is InChI=1S/C5H7NO3S/c7-5-4(10(8)9)2-1-3-6-5/h1-3H2,(H,6,7). The normalized spacial score (nSPS) is 18.4. The first-order chi connectivity index (χ1) is 4.72. The van der Waals surface area contributed by atoms with Gasteiger partial charge < -0.3 is 5.32 Å². The van der Waals surface area contributed by atoms with Crippen molar-refractivity contribution < 1.29 is 13.2 Å². The molecule has 5 heteroatoms. The van der Waals surface area contributed by atoms with Crippen molar-refractivity contribution in [3.63, 3.8) is 0 Å². The summed E-state index contributed by atoms with van der Waals surface area (Å²) in [6.07, 6.45) is 1.09. The zero-order chi connectivity index (χ0) is 7.56. The number of carbonyl (C=O) groups excluding carboxylic acids is 1. The second kappa shape index (κ2) is 2.83. The predicted octanol–water partition coefficient (Wildman–Crippen LogP) is -1.05. The van der Waals surface area contributed by atoms with Gasteiger partial charge in [-0.1, -0.05) is 0 Å². The van der Waals surface area contributed by atoms with Crippen molar-refractivity contribution in [2.45, 2.75) is 12.8 Å². The molecule has 0 bridgehead atoms. The number of nitrogens with one attached hydrogen (secondary N) is 1. The Kier molecular flexibility index (Phi) is 2.06. The molecule has 0 aromatic rings. The Morgan fingerprint density at radius 3 is 2.50 bits per heavy atom. The highest BCUT2D eigenvalue weighted by atomic mass is 32.2. The van der Waals surface area contributed by atoms with Crippen molar-refractivity contribution in [1.29, 1.82) is 0 Å². The van der Waals surface area contributed by atoms with Crippen LogP contribution in [0.2, 0.25) is 0 Å². The maximum atomic E-state index is 10.7. The van der Waals surface area contributed by atoms with E-state index in [-0.39, 0.29) is 4.86 Å². The molecule has 1 saturated heterocycles. The van der Waals surface area contributed by atoms with Crippen molar-refractivity contribution in [1.82, 2.24) is 5.32 Å². The van der Waals surface area contributed by atoms with E-state index in [1.54, 1.807) is 0 Å². The molecule has 1 amide bonds. The van der Waals surface area contributed by atoms with Crippen molar-refractivity contribution in [3.8, 4) is 0 Å². The van der Waals surface area contributed by atoms with E-state index in [4.69, 9.17) is 0 Å². The van der Waals surface area contributed by atoms with E-state index >= 15 is 0 Å². The highest BCUT2D eigenvalue weighted by Gasteiger charge is 2.16. The molecule has 1 N–H and O–H groups in total. The lowest BCUT2D eigenvalue weighted by atomic mass is 10.2. The van der Waals surface area contributed by atoms with Gasteiger partial charge in [0.15, 0.2) is 0 Å². The molecule has 1 rings (SSSR count). The Morgan fingerprint density at radius 1 is 1.40 bits per heavy atom. The lowest BCUT2D eigenvalue weighted by molar-refractivity contribution is -0.115. The molecule has 0 aromatic carbocycles. The lowest BCUT2D eigenvalue weighted by Gasteiger charge is -2.09. The fraction of sp³-hybridized carbons (Fsp3) is 0.600. The fourth-order valence-corrected chi connectivity index (χ4v) is 1.36. The SMILES string of the molecule is O=C1NCCCC1=S(=O)=O. The van der Waals surface area contributed by atoms with Gasteiger partial charge >= 0.3 is 0 Å². The minimum Gasteiger partial charge on any atom is -0.351 e. The van der Waals surface area contributed by atoms with Crippen LogP contribution in [0.4, 0.5) is 0 Å². The predicted molar refractivity (Wildman–Crippen MR) is 36.2 cm³/mol. The first kappa shape index (κ1) is 7.27. The Morgan fingerprint density at radius 2 is 2.10 bits per heavy atom. The van der Waals surface area contributed by atoms with Gasteiger partial charge in [0.25, 0.3) is 5.91 Å². The van der Waals surface area contributed by atoms with Gasteiger partial charge in [0, 0.05) is 6.54 Å². The highest BCUT2D eigenvalue weighted by molar-refractivity contribution is 7.74. The molecule has 1 heterocycles. The summed E-state index contributed by atoms with van der Waals surface area (Å²) in [7, 11) is -2.33. The Balaban J connectivity index is 2.97. The van der Waals surface area contributed by atoms with E-state index in [9.17, 15) is 13.2 Å². The van der Waals surface area contributed by atoms with Gasteiger partial charge in [-0.05, 0) is 12.8 Å². The van der Waals surface area contributed by atoms with Crippen LogP contribution >= 0.6 is 0 Å². The van der Waals surface area contributed by atoms with Crippen LogP contribution in [0, 0.1) is 0 Å². The average Bonchev–Trinajstić information content (AvgIpc) is 1.88. The topological polar surface area (TPSA) is 63.2 Å². The van der Waals surface area contributed by atoms with Gasteiger partial charge in [-0.25, -0.2) is 0 Å². The first-order valence-corrected chi connectivity index (χ1v) is 4.02. The van der Waals surface area contributed by atoms with Gasteiger partial charge in [-0.15, -0.1) is 0 Å². The third-order valence-corrected chi connectivity index (χ3v) is 2.11. The first-order valence-electron chi connectivity index (χ1n) is 2.95. The zero-order valence-electron chi connectivity index (χ0n) is 5.25. The number of amides is 1. The molecule has 1 aliphatic heterocycles. The molecule has 1 fully saturated rings. The van der Waals surface area contributed by atoms with E-state index < -0.39 is 16.2 Å². The largest absolute Gasteiger partial charge is 0.351 e. The molecule has 0 spiro atoms. The van der Waals surface area contributed by atoms with Crippen LogP contribution < -0.4 is 5.32 Å². The summed E-state index contributed by atoms with van der Waals surface area (Å²) in [4.78, 5) is 10.7. The maximum Gasteiger partial charge on any atom is 0.262 e. The summed E-state index contributed by atoms with van der Waals surface area (Å²) in [5.74, 6) is -0.445. The van der Waals surface area contributed by atoms with Gasteiger partial charge in [-0.3, -0.25) is 4.79 Å². The van der Waals surface area contributed by atoms with E-state index in [0.717, 1.165) is 6.42 Å². The lowest BCUT2D eigenvalue weighted by Crippen LogP contribution is -2.37. The number of rotatable bonds is 0.